The predicted molar refractivity (Wildman–Crippen MR) is 65.9 cm³/mol. The van der Waals surface area contributed by atoms with Gasteiger partial charge in [0, 0.05) is 22.3 Å². The zero-order chi connectivity index (χ0) is 12.2. The van der Waals surface area contributed by atoms with Gasteiger partial charge in [-0.25, -0.2) is 0 Å². The lowest BCUT2D eigenvalue weighted by atomic mass is 10.1. The van der Waals surface area contributed by atoms with Crippen molar-refractivity contribution in [3.05, 3.63) is 0 Å². The minimum atomic E-state index is -0.823. The standard InChI is InChI=1S/C12H22O3S/c1-10(2)4-3-7-16(15)9-12(5-6-12)8-11(13)14/h10H,3-9H2,1-2H3,(H,13,14). The van der Waals surface area contributed by atoms with Crippen molar-refractivity contribution >= 4 is 16.8 Å². The van der Waals surface area contributed by atoms with Crippen LogP contribution in [-0.2, 0) is 15.6 Å². The van der Waals surface area contributed by atoms with Gasteiger partial charge in [-0.2, -0.15) is 0 Å². The molecule has 1 rings (SSSR count). The fourth-order valence-electron chi connectivity index (χ4n) is 1.94. The number of carboxylic acids is 1. The lowest BCUT2D eigenvalue weighted by Crippen LogP contribution is -2.18. The number of carboxylic acid groups (broad SMARTS) is 1. The molecule has 1 fully saturated rings. The van der Waals surface area contributed by atoms with E-state index in [2.05, 4.69) is 13.8 Å². The van der Waals surface area contributed by atoms with Gasteiger partial charge in [0.05, 0.1) is 6.42 Å². The highest BCUT2D eigenvalue weighted by molar-refractivity contribution is 7.85. The van der Waals surface area contributed by atoms with Crippen LogP contribution in [0.2, 0.25) is 0 Å². The second-order valence-corrected chi connectivity index (χ2v) is 6.97. The molecule has 1 saturated carbocycles. The highest BCUT2D eigenvalue weighted by atomic mass is 32.2. The predicted octanol–water partition coefficient (Wildman–Crippen LogP) is 2.43. The van der Waals surface area contributed by atoms with Crippen LogP contribution in [0.15, 0.2) is 0 Å². The Morgan fingerprint density at radius 1 is 1.44 bits per heavy atom. The molecule has 3 nitrogen and oxygen atoms in total. The van der Waals surface area contributed by atoms with E-state index in [-0.39, 0.29) is 11.8 Å². The Bertz CT molecular complexity index is 269. The highest BCUT2D eigenvalue weighted by Crippen LogP contribution is 2.49. The summed E-state index contributed by atoms with van der Waals surface area (Å²) in [4.78, 5) is 10.6. The fraction of sp³-hybridized carbons (Fsp3) is 0.917. The van der Waals surface area contributed by atoms with E-state index >= 15 is 0 Å². The molecular weight excluding hydrogens is 224 g/mol. The smallest absolute Gasteiger partial charge is 0.303 e. The Balaban J connectivity index is 2.21. The van der Waals surface area contributed by atoms with Gasteiger partial charge < -0.3 is 5.11 Å². The second kappa shape index (κ2) is 5.80. The van der Waals surface area contributed by atoms with Crippen molar-refractivity contribution in [3.8, 4) is 0 Å². The summed E-state index contributed by atoms with van der Waals surface area (Å²) in [6.07, 6.45) is 4.18. The zero-order valence-corrected chi connectivity index (χ0v) is 11.0. The van der Waals surface area contributed by atoms with E-state index in [1.807, 2.05) is 0 Å². The Kier molecular flexibility index (Phi) is 4.96. The topological polar surface area (TPSA) is 54.4 Å². The molecule has 0 spiro atoms. The molecular formula is C12H22O3S. The van der Waals surface area contributed by atoms with Crippen LogP contribution >= 0.6 is 0 Å². The molecule has 0 aromatic heterocycles. The van der Waals surface area contributed by atoms with Crippen molar-refractivity contribution in [1.29, 1.82) is 0 Å². The van der Waals surface area contributed by atoms with E-state index in [1.54, 1.807) is 0 Å². The maximum Gasteiger partial charge on any atom is 0.303 e. The van der Waals surface area contributed by atoms with E-state index in [9.17, 15) is 9.00 Å². The first-order chi connectivity index (χ1) is 7.43. The summed E-state index contributed by atoms with van der Waals surface area (Å²) in [6.45, 7) is 4.32. The third-order valence-electron chi connectivity index (χ3n) is 3.10. The van der Waals surface area contributed by atoms with E-state index in [1.165, 1.54) is 0 Å². The van der Waals surface area contributed by atoms with Crippen LogP contribution in [0.25, 0.3) is 0 Å². The summed E-state index contributed by atoms with van der Waals surface area (Å²) < 4.78 is 11.8. The normalized spacial score (nSPS) is 19.7. The van der Waals surface area contributed by atoms with E-state index < -0.39 is 16.8 Å². The molecule has 0 heterocycles. The van der Waals surface area contributed by atoms with Crippen LogP contribution in [0.5, 0.6) is 0 Å². The number of aliphatic carboxylic acids is 1. The maximum atomic E-state index is 11.8. The molecule has 0 aromatic rings. The Hall–Kier alpha value is -0.380. The lowest BCUT2D eigenvalue weighted by molar-refractivity contribution is -0.138. The molecule has 0 aromatic carbocycles. The van der Waals surface area contributed by atoms with Crippen molar-refractivity contribution in [1.82, 2.24) is 0 Å². The summed E-state index contributed by atoms with van der Waals surface area (Å²) >= 11 is 0. The van der Waals surface area contributed by atoms with Gasteiger partial charge in [0.25, 0.3) is 0 Å². The van der Waals surface area contributed by atoms with Gasteiger partial charge in [-0.1, -0.05) is 20.3 Å². The number of hydrogen-bond donors (Lipinski definition) is 1. The van der Waals surface area contributed by atoms with Crippen molar-refractivity contribution in [2.75, 3.05) is 11.5 Å². The van der Waals surface area contributed by atoms with E-state index in [0.717, 1.165) is 31.4 Å². The lowest BCUT2D eigenvalue weighted by Gasteiger charge is -2.12. The summed E-state index contributed by atoms with van der Waals surface area (Å²) in [6, 6.07) is 0. The molecule has 16 heavy (non-hydrogen) atoms. The third-order valence-corrected chi connectivity index (χ3v) is 4.78. The van der Waals surface area contributed by atoms with Crippen LogP contribution in [0.4, 0.5) is 0 Å². The van der Waals surface area contributed by atoms with Gasteiger partial charge in [-0.3, -0.25) is 9.00 Å². The van der Waals surface area contributed by atoms with Gasteiger partial charge in [0.15, 0.2) is 0 Å². The largest absolute Gasteiger partial charge is 0.481 e. The van der Waals surface area contributed by atoms with Crippen molar-refractivity contribution in [2.45, 2.75) is 46.0 Å². The highest BCUT2D eigenvalue weighted by Gasteiger charge is 2.45. The van der Waals surface area contributed by atoms with Gasteiger partial charge in [0.2, 0.25) is 0 Å². The number of hydrogen-bond acceptors (Lipinski definition) is 2. The van der Waals surface area contributed by atoms with Gasteiger partial charge in [-0.15, -0.1) is 0 Å². The van der Waals surface area contributed by atoms with Crippen LogP contribution in [-0.4, -0.2) is 26.8 Å². The molecule has 0 radical (unpaired) electrons. The molecule has 0 aliphatic heterocycles. The minimum absolute atomic E-state index is 0.117. The SMILES string of the molecule is CC(C)CCCS(=O)CC1(CC(=O)O)CC1. The molecule has 94 valence electrons. The maximum absolute atomic E-state index is 11.8. The zero-order valence-electron chi connectivity index (χ0n) is 10.2. The first-order valence-corrected chi connectivity index (χ1v) is 7.49. The van der Waals surface area contributed by atoms with E-state index in [4.69, 9.17) is 5.11 Å². The summed E-state index contributed by atoms with van der Waals surface area (Å²) in [5, 5.41) is 8.75. The van der Waals surface area contributed by atoms with Gasteiger partial charge in [-0.05, 0) is 30.6 Å². The molecule has 1 N–H and O–H groups in total. The summed E-state index contributed by atoms with van der Waals surface area (Å²) in [7, 11) is -0.823. The molecule has 0 saturated heterocycles. The quantitative estimate of drug-likeness (QED) is 0.715. The number of carbonyl (C=O) groups is 1. The molecule has 1 atom stereocenters. The van der Waals surface area contributed by atoms with Gasteiger partial charge >= 0.3 is 5.97 Å². The van der Waals surface area contributed by atoms with Crippen molar-refractivity contribution in [2.24, 2.45) is 11.3 Å². The van der Waals surface area contributed by atoms with Crippen LogP contribution < -0.4 is 0 Å². The molecule has 0 amide bonds. The van der Waals surface area contributed by atoms with Crippen molar-refractivity contribution < 1.29 is 14.1 Å². The Labute approximate surface area is 100 Å². The molecule has 1 aliphatic carbocycles. The van der Waals surface area contributed by atoms with Crippen molar-refractivity contribution in [3.63, 3.8) is 0 Å². The summed E-state index contributed by atoms with van der Waals surface area (Å²) in [5.74, 6) is 1.24. The van der Waals surface area contributed by atoms with Crippen LogP contribution in [0.1, 0.15) is 46.0 Å². The first-order valence-electron chi connectivity index (χ1n) is 6.00. The molecule has 1 aliphatic rings. The Morgan fingerprint density at radius 2 is 2.06 bits per heavy atom. The molecule has 1 unspecified atom stereocenters. The third kappa shape index (κ3) is 5.10. The second-order valence-electron chi connectivity index (χ2n) is 5.39. The van der Waals surface area contributed by atoms with Crippen LogP contribution in [0, 0.1) is 11.3 Å². The average molecular weight is 246 g/mol. The van der Waals surface area contributed by atoms with Crippen LogP contribution in [0.3, 0.4) is 0 Å². The monoisotopic (exact) mass is 246 g/mol. The average Bonchev–Trinajstić information content (AvgIpc) is 2.82. The molecule has 0 bridgehead atoms. The Morgan fingerprint density at radius 3 is 2.50 bits per heavy atom. The minimum Gasteiger partial charge on any atom is -0.481 e. The molecule has 4 heteroatoms. The number of rotatable bonds is 8. The van der Waals surface area contributed by atoms with Gasteiger partial charge in [0.1, 0.15) is 0 Å². The first kappa shape index (κ1) is 13.7. The summed E-state index contributed by atoms with van der Waals surface area (Å²) in [5.41, 5.74) is -0.117. The van der Waals surface area contributed by atoms with E-state index in [0.29, 0.717) is 11.7 Å². The fourth-order valence-corrected chi connectivity index (χ4v) is 3.64.